The van der Waals surface area contributed by atoms with E-state index in [0.717, 1.165) is 0 Å². The standard InChI is InChI=1S/C10H16N4O2/c1-16-9-7-13(10(15)5-11)6-8(9)14-4-2-3-12-14/h2-4,8-9H,5-7,11H2,1H3. The van der Waals surface area contributed by atoms with Gasteiger partial charge in [0.1, 0.15) is 0 Å². The molecule has 1 fully saturated rings. The molecule has 88 valence electrons. The number of nitrogens with two attached hydrogens (primary N) is 1. The first-order valence-corrected chi connectivity index (χ1v) is 5.26. The maximum atomic E-state index is 11.5. The first-order valence-electron chi connectivity index (χ1n) is 5.26. The van der Waals surface area contributed by atoms with Crippen molar-refractivity contribution in [1.29, 1.82) is 0 Å². The van der Waals surface area contributed by atoms with Gasteiger partial charge in [-0.15, -0.1) is 0 Å². The molecule has 2 N–H and O–H groups in total. The molecule has 1 saturated heterocycles. The van der Waals surface area contributed by atoms with Crippen LogP contribution in [-0.2, 0) is 9.53 Å². The van der Waals surface area contributed by atoms with E-state index in [4.69, 9.17) is 10.5 Å². The SMILES string of the molecule is COC1CN(C(=O)CN)CC1n1cccn1. The Bertz CT molecular complexity index is 352. The van der Waals surface area contributed by atoms with Crippen LogP contribution in [0.25, 0.3) is 0 Å². The monoisotopic (exact) mass is 224 g/mol. The molecule has 1 aromatic heterocycles. The highest BCUT2D eigenvalue weighted by atomic mass is 16.5. The van der Waals surface area contributed by atoms with Gasteiger partial charge in [0, 0.05) is 32.6 Å². The fourth-order valence-corrected chi connectivity index (χ4v) is 2.05. The molecule has 1 aliphatic heterocycles. The van der Waals surface area contributed by atoms with E-state index < -0.39 is 0 Å². The van der Waals surface area contributed by atoms with Crippen molar-refractivity contribution in [3.05, 3.63) is 18.5 Å². The lowest BCUT2D eigenvalue weighted by Gasteiger charge is -2.16. The zero-order chi connectivity index (χ0) is 11.5. The molecule has 0 spiro atoms. The second-order valence-corrected chi connectivity index (χ2v) is 3.83. The van der Waals surface area contributed by atoms with Gasteiger partial charge in [0.2, 0.25) is 5.91 Å². The van der Waals surface area contributed by atoms with Crippen LogP contribution in [0.4, 0.5) is 0 Å². The Hall–Kier alpha value is -1.40. The van der Waals surface area contributed by atoms with Crippen molar-refractivity contribution in [2.45, 2.75) is 12.1 Å². The molecule has 0 aliphatic carbocycles. The van der Waals surface area contributed by atoms with Gasteiger partial charge in [-0.1, -0.05) is 0 Å². The van der Waals surface area contributed by atoms with Gasteiger partial charge in [-0.2, -0.15) is 5.10 Å². The summed E-state index contributed by atoms with van der Waals surface area (Å²) in [5, 5.41) is 4.18. The number of carbonyl (C=O) groups excluding carboxylic acids is 1. The number of methoxy groups -OCH3 is 1. The largest absolute Gasteiger partial charge is 0.377 e. The third kappa shape index (κ3) is 1.94. The summed E-state index contributed by atoms with van der Waals surface area (Å²) in [5.74, 6) is -0.0447. The maximum Gasteiger partial charge on any atom is 0.236 e. The average molecular weight is 224 g/mol. The lowest BCUT2D eigenvalue weighted by molar-refractivity contribution is -0.129. The van der Waals surface area contributed by atoms with E-state index in [2.05, 4.69) is 5.10 Å². The zero-order valence-corrected chi connectivity index (χ0v) is 9.24. The van der Waals surface area contributed by atoms with E-state index in [1.807, 2.05) is 16.9 Å². The normalized spacial score (nSPS) is 25.0. The van der Waals surface area contributed by atoms with Crippen molar-refractivity contribution >= 4 is 5.91 Å². The number of aromatic nitrogens is 2. The smallest absolute Gasteiger partial charge is 0.236 e. The zero-order valence-electron chi connectivity index (χ0n) is 9.24. The van der Waals surface area contributed by atoms with Crippen LogP contribution in [0.1, 0.15) is 6.04 Å². The molecule has 0 bridgehead atoms. The number of ether oxygens (including phenoxy) is 1. The summed E-state index contributed by atoms with van der Waals surface area (Å²) >= 11 is 0. The number of carbonyl (C=O) groups is 1. The lowest BCUT2D eigenvalue weighted by Crippen LogP contribution is -2.34. The molecule has 1 amide bonds. The van der Waals surface area contributed by atoms with Crippen LogP contribution in [0, 0.1) is 0 Å². The summed E-state index contributed by atoms with van der Waals surface area (Å²) in [6.45, 7) is 1.23. The van der Waals surface area contributed by atoms with Crippen molar-refractivity contribution in [3.63, 3.8) is 0 Å². The van der Waals surface area contributed by atoms with Crippen LogP contribution in [0.3, 0.4) is 0 Å². The van der Waals surface area contributed by atoms with Crippen molar-refractivity contribution in [2.24, 2.45) is 5.73 Å². The number of likely N-dealkylation sites (tertiary alicyclic amines) is 1. The Morgan fingerprint density at radius 2 is 2.44 bits per heavy atom. The Morgan fingerprint density at radius 3 is 3.00 bits per heavy atom. The Balaban J connectivity index is 2.11. The number of amides is 1. The van der Waals surface area contributed by atoms with Crippen molar-refractivity contribution in [2.75, 3.05) is 26.7 Å². The number of rotatable bonds is 3. The number of nitrogens with zero attached hydrogens (tertiary/aromatic N) is 3. The molecule has 16 heavy (non-hydrogen) atoms. The van der Waals surface area contributed by atoms with Crippen LogP contribution in [-0.4, -0.2) is 53.4 Å². The fraction of sp³-hybridized carbons (Fsp3) is 0.600. The predicted octanol–water partition coefficient (Wildman–Crippen LogP) is -0.760. The van der Waals surface area contributed by atoms with Crippen LogP contribution < -0.4 is 5.73 Å². The van der Waals surface area contributed by atoms with Gasteiger partial charge in [-0.05, 0) is 6.07 Å². The minimum Gasteiger partial charge on any atom is -0.377 e. The van der Waals surface area contributed by atoms with Gasteiger partial charge in [-0.25, -0.2) is 0 Å². The Morgan fingerprint density at radius 1 is 1.62 bits per heavy atom. The van der Waals surface area contributed by atoms with E-state index in [1.54, 1.807) is 18.2 Å². The molecule has 2 unspecified atom stereocenters. The van der Waals surface area contributed by atoms with Gasteiger partial charge in [-0.3, -0.25) is 9.48 Å². The predicted molar refractivity (Wildman–Crippen MR) is 57.7 cm³/mol. The van der Waals surface area contributed by atoms with Gasteiger partial charge in [0.05, 0.1) is 18.7 Å². The lowest BCUT2D eigenvalue weighted by atomic mass is 10.2. The molecule has 0 saturated carbocycles. The van der Waals surface area contributed by atoms with Gasteiger partial charge >= 0.3 is 0 Å². The Labute approximate surface area is 94.0 Å². The van der Waals surface area contributed by atoms with E-state index in [1.165, 1.54) is 0 Å². The highest BCUT2D eigenvalue weighted by molar-refractivity contribution is 5.78. The molecule has 0 radical (unpaired) electrons. The van der Waals surface area contributed by atoms with Crippen LogP contribution >= 0.6 is 0 Å². The third-order valence-corrected chi connectivity index (χ3v) is 2.93. The summed E-state index contributed by atoms with van der Waals surface area (Å²) in [7, 11) is 1.65. The van der Waals surface area contributed by atoms with E-state index in [-0.39, 0.29) is 24.6 Å². The topological polar surface area (TPSA) is 73.4 Å². The number of hydrogen-bond acceptors (Lipinski definition) is 4. The Kier molecular flexibility index (Phi) is 3.21. The van der Waals surface area contributed by atoms with E-state index in [9.17, 15) is 4.79 Å². The molecule has 0 aromatic carbocycles. The summed E-state index contributed by atoms with van der Waals surface area (Å²) < 4.78 is 7.21. The van der Waals surface area contributed by atoms with Gasteiger partial charge < -0.3 is 15.4 Å². The quantitative estimate of drug-likeness (QED) is 0.732. The average Bonchev–Trinajstić information content (AvgIpc) is 2.95. The summed E-state index contributed by atoms with van der Waals surface area (Å²) in [6.07, 6.45) is 3.59. The van der Waals surface area contributed by atoms with E-state index in [0.29, 0.717) is 13.1 Å². The second kappa shape index (κ2) is 4.63. The molecule has 2 heterocycles. The van der Waals surface area contributed by atoms with Crippen molar-refractivity contribution in [3.8, 4) is 0 Å². The molecule has 6 heteroatoms. The summed E-state index contributed by atoms with van der Waals surface area (Å²) in [5.41, 5.74) is 5.35. The molecule has 1 aromatic rings. The molecular weight excluding hydrogens is 208 g/mol. The highest BCUT2D eigenvalue weighted by Crippen LogP contribution is 2.23. The fourth-order valence-electron chi connectivity index (χ4n) is 2.05. The molecule has 6 nitrogen and oxygen atoms in total. The summed E-state index contributed by atoms with van der Waals surface area (Å²) in [4.78, 5) is 13.2. The molecular formula is C10H16N4O2. The molecule has 1 aliphatic rings. The minimum absolute atomic E-state index is 0.0181. The van der Waals surface area contributed by atoms with Crippen LogP contribution in [0.15, 0.2) is 18.5 Å². The first kappa shape index (κ1) is 11.1. The second-order valence-electron chi connectivity index (χ2n) is 3.83. The van der Waals surface area contributed by atoms with Crippen LogP contribution in [0.2, 0.25) is 0 Å². The van der Waals surface area contributed by atoms with E-state index >= 15 is 0 Å². The van der Waals surface area contributed by atoms with Crippen molar-refractivity contribution < 1.29 is 9.53 Å². The van der Waals surface area contributed by atoms with Gasteiger partial charge in [0.15, 0.2) is 0 Å². The van der Waals surface area contributed by atoms with Crippen molar-refractivity contribution in [1.82, 2.24) is 14.7 Å². The molecule has 2 rings (SSSR count). The highest BCUT2D eigenvalue weighted by Gasteiger charge is 2.36. The van der Waals surface area contributed by atoms with Crippen LogP contribution in [0.5, 0.6) is 0 Å². The minimum atomic E-state index is -0.0447. The first-order chi connectivity index (χ1) is 7.76. The third-order valence-electron chi connectivity index (χ3n) is 2.93. The molecule has 2 atom stereocenters. The maximum absolute atomic E-state index is 11.5. The number of hydrogen-bond donors (Lipinski definition) is 1. The summed E-state index contributed by atoms with van der Waals surface area (Å²) in [6, 6.07) is 1.94. The van der Waals surface area contributed by atoms with Gasteiger partial charge in [0.25, 0.3) is 0 Å².